The van der Waals surface area contributed by atoms with Gasteiger partial charge in [-0.2, -0.15) is 0 Å². The monoisotopic (exact) mass is 238 g/mol. The Kier molecular flexibility index (Phi) is 3.44. The second-order valence-corrected chi connectivity index (χ2v) is 4.82. The lowest BCUT2D eigenvalue weighted by Crippen LogP contribution is -2.29. The van der Waals surface area contributed by atoms with Gasteiger partial charge in [0.25, 0.3) is 5.91 Å². The number of amides is 1. The van der Waals surface area contributed by atoms with Gasteiger partial charge in [0.05, 0.1) is 0 Å². The smallest absolute Gasteiger partial charge is 0.269 e. The van der Waals surface area contributed by atoms with Crippen LogP contribution in [0.1, 0.15) is 30.3 Å². The van der Waals surface area contributed by atoms with E-state index in [2.05, 4.69) is 17.2 Å². The van der Waals surface area contributed by atoms with Gasteiger partial charge < -0.3 is 5.32 Å². The summed E-state index contributed by atoms with van der Waals surface area (Å²) in [6, 6.07) is 3.24. The summed E-state index contributed by atoms with van der Waals surface area (Å²) in [4.78, 5) is 15.7. The molecule has 1 N–H and O–H groups in total. The van der Waals surface area contributed by atoms with Crippen LogP contribution in [-0.2, 0) is 0 Å². The summed E-state index contributed by atoms with van der Waals surface area (Å²) >= 11 is 5.79. The van der Waals surface area contributed by atoms with E-state index in [4.69, 9.17) is 11.6 Å². The maximum absolute atomic E-state index is 11.7. The number of aromatic nitrogens is 1. The average Bonchev–Trinajstić information content (AvgIpc) is 3.09. The van der Waals surface area contributed by atoms with E-state index < -0.39 is 0 Å². The fraction of sp³-hybridized carbons (Fsp3) is 0.500. The van der Waals surface area contributed by atoms with Crippen LogP contribution in [0.2, 0.25) is 5.02 Å². The zero-order valence-electron chi connectivity index (χ0n) is 9.24. The minimum atomic E-state index is -0.144. The number of hydrogen-bond acceptors (Lipinski definition) is 2. The Morgan fingerprint density at radius 1 is 1.69 bits per heavy atom. The average molecular weight is 239 g/mol. The van der Waals surface area contributed by atoms with Crippen molar-refractivity contribution < 1.29 is 4.79 Å². The molecule has 1 unspecified atom stereocenters. The van der Waals surface area contributed by atoms with Crippen LogP contribution in [0.25, 0.3) is 0 Å². The van der Waals surface area contributed by atoms with Crippen LogP contribution in [0.3, 0.4) is 0 Å². The summed E-state index contributed by atoms with van der Waals surface area (Å²) in [5.41, 5.74) is 0.385. The predicted molar refractivity (Wildman–Crippen MR) is 63.5 cm³/mol. The maximum atomic E-state index is 11.7. The van der Waals surface area contributed by atoms with E-state index >= 15 is 0 Å². The normalized spacial score (nSPS) is 16.9. The summed E-state index contributed by atoms with van der Waals surface area (Å²) in [5, 5.41) is 3.42. The molecule has 1 atom stereocenters. The topological polar surface area (TPSA) is 42.0 Å². The van der Waals surface area contributed by atoms with Crippen LogP contribution < -0.4 is 5.32 Å². The second-order valence-electron chi connectivity index (χ2n) is 4.38. The first kappa shape index (κ1) is 11.4. The zero-order valence-corrected chi connectivity index (χ0v) is 10.00. The lowest BCUT2D eigenvalue weighted by atomic mass is 10.1. The Hall–Kier alpha value is -1.09. The molecule has 3 nitrogen and oxygen atoms in total. The number of halogens is 1. The summed E-state index contributed by atoms with van der Waals surface area (Å²) in [6.45, 7) is 2.89. The van der Waals surface area contributed by atoms with Gasteiger partial charge in [0.15, 0.2) is 0 Å². The molecule has 1 aliphatic carbocycles. The molecule has 2 rings (SSSR count). The molecular formula is C12H15ClN2O. The number of pyridine rings is 1. The van der Waals surface area contributed by atoms with Gasteiger partial charge >= 0.3 is 0 Å². The van der Waals surface area contributed by atoms with E-state index in [1.54, 1.807) is 18.3 Å². The number of hydrogen-bond donors (Lipinski definition) is 1. The summed E-state index contributed by atoms with van der Waals surface area (Å²) in [5.74, 6) is 1.21. The Morgan fingerprint density at radius 3 is 3.06 bits per heavy atom. The molecule has 16 heavy (non-hydrogen) atoms. The minimum absolute atomic E-state index is 0.144. The molecule has 4 heteroatoms. The highest BCUT2D eigenvalue weighted by atomic mass is 35.5. The third kappa shape index (κ3) is 2.95. The van der Waals surface area contributed by atoms with E-state index in [-0.39, 0.29) is 5.91 Å². The highest BCUT2D eigenvalue weighted by molar-refractivity contribution is 6.30. The lowest BCUT2D eigenvalue weighted by molar-refractivity contribution is 0.0941. The largest absolute Gasteiger partial charge is 0.350 e. The standard InChI is InChI=1S/C12H15ClN2O/c1-8(9-2-3-9)7-15-12(16)11-6-10(13)4-5-14-11/h4-6,8-9H,2-3,7H2,1H3,(H,15,16). The third-order valence-corrected chi connectivity index (χ3v) is 3.20. The third-order valence-electron chi connectivity index (χ3n) is 2.97. The van der Waals surface area contributed by atoms with Crippen molar-refractivity contribution in [2.75, 3.05) is 6.54 Å². The number of carbonyl (C=O) groups excluding carboxylic acids is 1. The van der Waals surface area contributed by atoms with Crippen molar-refractivity contribution in [2.24, 2.45) is 11.8 Å². The Balaban J connectivity index is 1.87. The van der Waals surface area contributed by atoms with E-state index in [0.29, 0.717) is 16.6 Å². The highest BCUT2D eigenvalue weighted by Crippen LogP contribution is 2.36. The van der Waals surface area contributed by atoms with Crippen molar-refractivity contribution in [3.05, 3.63) is 29.0 Å². The zero-order chi connectivity index (χ0) is 11.5. The molecule has 0 spiro atoms. The predicted octanol–water partition coefficient (Wildman–Crippen LogP) is 2.51. The lowest BCUT2D eigenvalue weighted by Gasteiger charge is -2.10. The van der Waals surface area contributed by atoms with Crippen LogP contribution in [0.15, 0.2) is 18.3 Å². The van der Waals surface area contributed by atoms with Gasteiger partial charge in [0.2, 0.25) is 0 Å². The van der Waals surface area contributed by atoms with Crippen molar-refractivity contribution in [2.45, 2.75) is 19.8 Å². The summed E-state index contributed by atoms with van der Waals surface area (Å²) in [6.07, 6.45) is 4.14. The molecule has 1 aliphatic rings. The number of nitrogens with zero attached hydrogens (tertiary/aromatic N) is 1. The highest BCUT2D eigenvalue weighted by Gasteiger charge is 2.27. The van der Waals surface area contributed by atoms with Gasteiger partial charge in [0.1, 0.15) is 5.69 Å². The quantitative estimate of drug-likeness (QED) is 0.876. The van der Waals surface area contributed by atoms with E-state index in [0.717, 1.165) is 12.5 Å². The molecule has 1 saturated carbocycles. The van der Waals surface area contributed by atoms with Crippen molar-refractivity contribution in [3.8, 4) is 0 Å². The Bertz CT molecular complexity index is 390. The Morgan fingerprint density at radius 2 is 2.44 bits per heavy atom. The fourth-order valence-corrected chi connectivity index (χ4v) is 1.86. The maximum Gasteiger partial charge on any atom is 0.269 e. The van der Waals surface area contributed by atoms with E-state index in [1.165, 1.54) is 12.8 Å². The molecular weight excluding hydrogens is 224 g/mol. The van der Waals surface area contributed by atoms with Gasteiger partial charge in [-0.15, -0.1) is 0 Å². The molecule has 0 aliphatic heterocycles. The number of nitrogens with one attached hydrogen (secondary N) is 1. The van der Waals surface area contributed by atoms with Crippen LogP contribution in [0.4, 0.5) is 0 Å². The van der Waals surface area contributed by atoms with Crippen LogP contribution in [0, 0.1) is 11.8 Å². The van der Waals surface area contributed by atoms with Gasteiger partial charge in [-0.1, -0.05) is 18.5 Å². The second kappa shape index (κ2) is 4.83. The summed E-state index contributed by atoms with van der Waals surface area (Å²) < 4.78 is 0. The molecule has 0 bridgehead atoms. The molecule has 1 aromatic rings. The first-order chi connectivity index (χ1) is 7.66. The molecule has 1 heterocycles. The van der Waals surface area contributed by atoms with E-state index in [1.807, 2.05) is 0 Å². The van der Waals surface area contributed by atoms with Gasteiger partial charge in [0, 0.05) is 17.8 Å². The minimum Gasteiger partial charge on any atom is -0.350 e. The fourth-order valence-electron chi connectivity index (χ4n) is 1.71. The molecule has 1 aromatic heterocycles. The van der Waals surface area contributed by atoms with Crippen molar-refractivity contribution in [3.63, 3.8) is 0 Å². The van der Waals surface area contributed by atoms with Crippen LogP contribution >= 0.6 is 11.6 Å². The molecule has 86 valence electrons. The van der Waals surface area contributed by atoms with Crippen LogP contribution in [-0.4, -0.2) is 17.4 Å². The molecule has 1 amide bonds. The molecule has 0 aromatic carbocycles. The first-order valence-corrected chi connectivity index (χ1v) is 5.94. The summed E-state index contributed by atoms with van der Waals surface area (Å²) in [7, 11) is 0. The first-order valence-electron chi connectivity index (χ1n) is 5.56. The van der Waals surface area contributed by atoms with Crippen molar-refractivity contribution in [1.82, 2.24) is 10.3 Å². The van der Waals surface area contributed by atoms with Crippen molar-refractivity contribution >= 4 is 17.5 Å². The molecule has 0 saturated heterocycles. The van der Waals surface area contributed by atoms with Crippen molar-refractivity contribution in [1.29, 1.82) is 0 Å². The SMILES string of the molecule is CC(CNC(=O)c1cc(Cl)ccn1)C1CC1. The van der Waals surface area contributed by atoms with Gasteiger partial charge in [-0.3, -0.25) is 9.78 Å². The van der Waals surface area contributed by atoms with Gasteiger partial charge in [-0.25, -0.2) is 0 Å². The number of carbonyl (C=O) groups is 1. The number of rotatable bonds is 4. The molecule has 0 radical (unpaired) electrons. The van der Waals surface area contributed by atoms with E-state index in [9.17, 15) is 4.79 Å². The molecule has 1 fully saturated rings. The van der Waals surface area contributed by atoms with Crippen LogP contribution in [0.5, 0.6) is 0 Å². The van der Waals surface area contributed by atoms with Gasteiger partial charge in [-0.05, 0) is 36.8 Å². The Labute approximate surface area is 100 Å².